The van der Waals surface area contributed by atoms with E-state index in [1.165, 1.54) is 63.9 Å². The van der Waals surface area contributed by atoms with E-state index >= 15 is 0 Å². The Kier molecular flexibility index (Phi) is 10.7. The van der Waals surface area contributed by atoms with Gasteiger partial charge in [0.25, 0.3) is 5.91 Å². The van der Waals surface area contributed by atoms with Gasteiger partial charge in [0.15, 0.2) is 5.69 Å². The molecule has 0 radical (unpaired) electrons. The number of carbonyl (C=O) groups is 2. The summed E-state index contributed by atoms with van der Waals surface area (Å²) in [6.45, 7) is 5.28. The average Bonchev–Trinajstić information content (AvgIpc) is 2.73. The summed E-state index contributed by atoms with van der Waals surface area (Å²) < 4.78 is 4.58. The average molecular weight is 486 g/mol. The minimum absolute atomic E-state index is 0.0417. The van der Waals surface area contributed by atoms with Crippen molar-refractivity contribution in [2.45, 2.75) is 90.1 Å². The third-order valence-corrected chi connectivity index (χ3v) is 5.51. The Labute approximate surface area is 207 Å². The van der Waals surface area contributed by atoms with Crippen LogP contribution in [0.1, 0.15) is 101 Å². The normalized spacial score (nSPS) is 15.3. The van der Waals surface area contributed by atoms with Crippen molar-refractivity contribution >= 4 is 29.3 Å². The molecule has 0 aliphatic heterocycles. The number of rotatable bonds is 4. The molecular weight excluding hydrogens is 446 g/mol. The quantitative estimate of drug-likeness (QED) is 0.478. The Morgan fingerprint density at radius 1 is 0.971 bits per heavy atom. The predicted octanol–water partition coefficient (Wildman–Crippen LogP) is 4.78. The van der Waals surface area contributed by atoms with E-state index < -0.39 is 17.6 Å². The highest BCUT2D eigenvalue weighted by Gasteiger charge is 2.21. The number of nitrogen functional groups attached to an aromatic ring is 1. The highest BCUT2D eigenvalue weighted by molar-refractivity contribution is 5.97. The summed E-state index contributed by atoms with van der Waals surface area (Å²) in [5.41, 5.74) is 16.7. The summed E-state index contributed by atoms with van der Waals surface area (Å²) in [6, 6.07) is 7.29. The van der Waals surface area contributed by atoms with Gasteiger partial charge < -0.3 is 27.3 Å². The van der Waals surface area contributed by atoms with Gasteiger partial charge in [-0.3, -0.25) is 4.79 Å². The maximum atomic E-state index is 11.4. The van der Waals surface area contributed by atoms with Crippen LogP contribution in [0.5, 0.6) is 0 Å². The maximum absolute atomic E-state index is 11.4. The standard InChI is InChI=1S/C14H16N6O.C6H12.C5H11NO2/c15-11-7-10(13(14(16)21)20-19-11)18-12-6-2-5-9(17-12)8-3-1-4-8;1-2-4-6-5-3-1;1-5(2,3)8-4(6)7/h2,5-8H,1,3-4H2,(H2,16,21)(H3,15,17,18,19);1-6H2;1-3H3,(H2,6,7). The number of aromatic nitrogens is 3. The molecule has 2 amide bonds. The van der Waals surface area contributed by atoms with Crippen molar-refractivity contribution in [1.82, 2.24) is 15.2 Å². The van der Waals surface area contributed by atoms with Crippen molar-refractivity contribution in [3.8, 4) is 0 Å². The zero-order chi connectivity index (χ0) is 25.8. The number of nitrogens with one attached hydrogen (secondary N) is 1. The van der Waals surface area contributed by atoms with Crippen LogP contribution in [0.2, 0.25) is 0 Å². The number of primary amides is 2. The molecule has 2 saturated carbocycles. The highest BCUT2D eigenvalue weighted by Crippen LogP contribution is 2.35. The molecule has 0 unspecified atom stereocenters. The first-order valence-electron chi connectivity index (χ1n) is 12.2. The second-order valence-electron chi connectivity index (χ2n) is 9.75. The van der Waals surface area contributed by atoms with E-state index in [2.05, 4.69) is 25.2 Å². The van der Waals surface area contributed by atoms with Gasteiger partial charge in [-0.15, -0.1) is 10.2 Å². The van der Waals surface area contributed by atoms with Gasteiger partial charge in [-0.25, -0.2) is 9.78 Å². The summed E-state index contributed by atoms with van der Waals surface area (Å²) in [6.07, 6.45) is 11.9. The summed E-state index contributed by atoms with van der Waals surface area (Å²) in [4.78, 5) is 26.0. The van der Waals surface area contributed by atoms with Crippen LogP contribution >= 0.6 is 0 Å². The van der Waals surface area contributed by atoms with Gasteiger partial charge in [-0.1, -0.05) is 51.0 Å². The van der Waals surface area contributed by atoms with Gasteiger partial charge >= 0.3 is 6.09 Å². The minimum Gasteiger partial charge on any atom is -0.444 e. The maximum Gasteiger partial charge on any atom is 0.405 e. The van der Waals surface area contributed by atoms with Crippen LogP contribution in [0.4, 0.5) is 22.1 Å². The lowest BCUT2D eigenvalue weighted by Gasteiger charge is -2.25. The van der Waals surface area contributed by atoms with E-state index in [0.29, 0.717) is 17.4 Å². The molecule has 0 aromatic carbocycles. The molecule has 192 valence electrons. The summed E-state index contributed by atoms with van der Waals surface area (Å²) in [5.74, 6) is 0.704. The lowest BCUT2D eigenvalue weighted by atomic mass is 9.83. The van der Waals surface area contributed by atoms with Crippen LogP contribution < -0.4 is 22.5 Å². The number of hydrogen-bond donors (Lipinski definition) is 4. The molecule has 10 heteroatoms. The summed E-state index contributed by atoms with van der Waals surface area (Å²) >= 11 is 0. The predicted molar refractivity (Wildman–Crippen MR) is 137 cm³/mol. The van der Waals surface area contributed by atoms with E-state index in [9.17, 15) is 9.59 Å². The van der Waals surface area contributed by atoms with Gasteiger partial charge in [0.05, 0.1) is 5.69 Å². The van der Waals surface area contributed by atoms with Crippen LogP contribution in [0.25, 0.3) is 0 Å². The number of nitrogens with zero attached hydrogens (tertiary/aromatic N) is 3. The fourth-order valence-electron chi connectivity index (χ4n) is 3.64. The van der Waals surface area contributed by atoms with Crippen molar-refractivity contribution in [3.05, 3.63) is 35.7 Å². The second-order valence-corrected chi connectivity index (χ2v) is 9.75. The Hall–Kier alpha value is -3.43. The fourth-order valence-corrected chi connectivity index (χ4v) is 3.64. The zero-order valence-electron chi connectivity index (χ0n) is 21.0. The lowest BCUT2D eigenvalue weighted by Crippen LogP contribution is -2.27. The Morgan fingerprint density at radius 2 is 1.57 bits per heavy atom. The van der Waals surface area contributed by atoms with Crippen LogP contribution in [-0.2, 0) is 4.74 Å². The van der Waals surface area contributed by atoms with Gasteiger partial charge in [0.1, 0.15) is 17.2 Å². The van der Waals surface area contributed by atoms with Crippen molar-refractivity contribution < 1.29 is 14.3 Å². The van der Waals surface area contributed by atoms with Gasteiger partial charge in [-0.2, -0.15) is 0 Å². The van der Waals surface area contributed by atoms with E-state index in [-0.39, 0.29) is 11.5 Å². The van der Waals surface area contributed by atoms with E-state index in [4.69, 9.17) is 17.2 Å². The molecule has 2 aromatic rings. The van der Waals surface area contributed by atoms with Gasteiger partial charge in [-0.05, 0) is 45.7 Å². The number of ether oxygens (including phenoxy) is 1. The molecule has 2 fully saturated rings. The van der Waals surface area contributed by atoms with Crippen molar-refractivity contribution in [2.75, 3.05) is 11.1 Å². The molecule has 10 nitrogen and oxygen atoms in total. The lowest BCUT2D eigenvalue weighted by molar-refractivity contribution is 0.0600. The van der Waals surface area contributed by atoms with E-state index in [1.807, 2.05) is 18.2 Å². The third-order valence-electron chi connectivity index (χ3n) is 5.51. The van der Waals surface area contributed by atoms with Crippen molar-refractivity contribution in [3.63, 3.8) is 0 Å². The molecule has 35 heavy (non-hydrogen) atoms. The monoisotopic (exact) mass is 485 g/mol. The molecule has 7 N–H and O–H groups in total. The molecule has 0 atom stereocenters. The number of hydrogen-bond acceptors (Lipinski definition) is 8. The molecule has 4 rings (SSSR count). The van der Waals surface area contributed by atoms with Crippen LogP contribution in [0.3, 0.4) is 0 Å². The Bertz CT molecular complexity index is 956. The first-order chi connectivity index (χ1) is 16.5. The molecule has 2 aliphatic carbocycles. The third kappa shape index (κ3) is 10.6. The van der Waals surface area contributed by atoms with E-state index in [0.717, 1.165) is 5.69 Å². The summed E-state index contributed by atoms with van der Waals surface area (Å²) in [5, 5.41) is 10.4. The number of anilines is 3. The number of nitrogens with two attached hydrogens (primary N) is 3. The number of carbonyl (C=O) groups excluding carboxylic acids is 2. The molecule has 0 bridgehead atoms. The largest absolute Gasteiger partial charge is 0.444 e. The SMILES string of the molecule is C1CCCCC1.CC(C)(C)OC(N)=O.NC(=O)c1nnc(N)cc1Nc1cccc(C2CCC2)n1. The number of amides is 2. The highest BCUT2D eigenvalue weighted by atomic mass is 16.6. The van der Waals surface area contributed by atoms with Crippen LogP contribution in [0, 0.1) is 0 Å². The van der Waals surface area contributed by atoms with E-state index in [1.54, 1.807) is 20.8 Å². The van der Waals surface area contributed by atoms with Crippen molar-refractivity contribution in [1.29, 1.82) is 0 Å². The molecule has 2 aliphatic rings. The molecule has 0 spiro atoms. The summed E-state index contributed by atoms with van der Waals surface area (Å²) in [7, 11) is 0. The Balaban J connectivity index is 0.000000253. The van der Waals surface area contributed by atoms with Gasteiger partial charge in [0, 0.05) is 17.7 Å². The molecule has 0 saturated heterocycles. The fraction of sp³-hybridized carbons (Fsp3) is 0.560. The first kappa shape index (κ1) is 27.8. The van der Waals surface area contributed by atoms with Crippen LogP contribution in [-0.4, -0.2) is 32.8 Å². The molecule has 2 aromatic heterocycles. The smallest absolute Gasteiger partial charge is 0.405 e. The topological polar surface area (TPSA) is 172 Å². The van der Waals surface area contributed by atoms with Crippen LogP contribution in [0.15, 0.2) is 24.3 Å². The zero-order valence-corrected chi connectivity index (χ0v) is 21.0. The minimum atomic E-state index is -0.725. The second kappa shape index (κ2) is 13.5. The molecule has 2 heterocycles. The van der Waals surface area contributed by atoms with Crippen molar-refractivity contribution in [2.24, 2.45) is 11.5 Å². The first-order valence-corrected chi connectivity index (χ1v) is 12.2. The number of pyridine rings is 1. The Morgan fingerprint density at radius 3 is 2.00 bits per heavy atom. The van der Waals surface area contributed by atoms with Gasteiger partial charge in [0.2, 0.25) is 0 Å². The molecular formula is C25H39N7O3.